The fraction of sp³-hybridized carbons (Fsp3) is 0.615. The molecule has 0 aromatic carbocycles. The summed E-state index contributed by atoms with van der Waals surface area (Å²) in [5.74, 6) is 0.794. The third-order valence-corrected chi connectivity index (χ3v) is 4.00. The van der Waals surface area contributed by atoms with E-state index in [0.29, 0.717) is 6.04 Å². The molecule has 2 aromatic rings. The van der Waals surface area contributed by atoms with Crippen LogP contribution in [0.25, 0.3) is 4.96 Å². The second-order valence-electron chi connectivity index (χ2n) is 4.86. The highest BCUT2D eigenvalue weighted by atomic mass is 32.1. The molecule has 0 amide bonds. The summed E-state index contributed by atoms with van der Waals surface area (Å²) in [4.78, 5) is 5.64. The first kappa shape index (κ1) is 12.6. The first-order valence-electron chi connectivity index (χ1n) is 6.33. The number of nitrogens with zero attached hydrogens (tertiary/aromatic N) is 2. The van der Waals surface area contributed by atoms with E-state index in [1.165, 1.54) is 12.8 Å². The number of imidazole rings is 1. The van der Waals surface area contributed by atoms with E-state index in [4.69, 9.17) is 0 Å². The van der Waals surface area contributed by atoms with Crippen molar-refractivity contribution in [3.8, 4) is 0 Å². The van der Waals surface area contributed by atoms with Gasteiger partial charge in [0.25, 0.3) is 0 Å². The van der Waals surface area contributed by atoms with Crippen LogP contribution in [0.1, 0.15) is 39.3 Å². The van der Waals surface area contributed by atoms with E-state index in [1.54, 1.807) is 11.3 Å². The van der Waals surface area contributed by atoms with Crippen LogP contribution in [-0.4, -0.2) is 15.4 Å². The van der Waals surface area contributed by atoms with Crippen molar-refractivity contribution in [2.24, 2.45) is 5.92 Å². The lowest BCUT2D eigenvalue weighted by Gasteiger charge is -2.16. The van der Waals surface area contributed by atoms with E-state index in [1.807, 2.05) is 0 Å². The van der Waals surface area contributed by atoms with E-state index in [2.05, 4.69) is 53.2 Å². The quantitative estimate of drug-likeness (QED) is 0.853. The summed E-state index contributed by atoms with van der Waals surface area (Å²) < 4.78 is 2.08. The van der Waals surface area contributed by atoms with E-state index >= 15 is 0 Å². The molecule has 1 N–H and O–H groups in total. The zero-order valence-electron chi connectivity index (χ0n) is 10.8. The Balaban J connectivity index is 1.83. The van der Waals surface area contributed by atoms with Gasteiger partial charge in [-0.2, -0.15) is 0 Å². The summed E-state index contributed by atoms with van der Waals surface area (Å²) in [6.07, 6.45) is 6.65. The van der Waals surface area contributed by atoms with Crippen molar-refractivity contribution in [3.05, 3.63) is 23.5 Å². The maximum Gasteiger partial charge on any atom is 0.193 e. The van der Waals surface area contributed by atoms with Crippen LogP contribution in [0.5, 0.6) is 0 Å². The van der Waals surface area contributed by atoms with Gasteiger partial charge in [0.1, 0.15) is 0 Å². The first-order chi connectivity index (χ1) is 8.19. The molecule has 0 saturated carbocycles. The van der Waals surface area contributed by atoms with Crippen LogP contribution < -0.4 is 5.32 Å². The molecule has 94 valence electrons. The lowest BCUT2D eigenvalue weighted by Crippen LogP contribution is -2.27. The summed E-state index contributed by atoms with van der Waals surface area (Å²) in [5.41, 5.74) is 1.13. The molecule has 0 fully saturated rings. The summed E-state index contributed by atoms with van der Waals surface area (Å²) >= 11 is 1.68. The molecule has 17 heavy (non-hydrogen) atoms. The largest absolute Gasteiger partial charge is 0.309 e. The number of hydrogen-bond donors (Lipinski definition) is 1. The summed E-state index contributed by atoms with van der Waals surface area (Å²) in [6.45, 7) is 7.68. The monoisotopic (exact) mass is 251 g/mol. The molecule has 0 bridgehead atoms. The van der Waals surface area contributed by atoms with Crippen LogP contribution in [-0.2, 0) is 6.54 Å². The van der Waals surface area contributed by atoms with Crippen molar-refractivity contribution in [1.29, 1.82) is 0 Å². The number of fused-ring (bicyclic) bond motifs is 1. The molecule has 2 unspecified atom stereocenters. The van der Waals surface area contributed by atoms with Crippen LogP contribution in [0.4, 0.5) is 0 Å². The SMILES string of the molecule is CCC(C)CC(C)NCc1cn2ccsc2n1. The maximum absolute atomic E-state index is 4.56. The molecule has 4 heteroatoms. The van der Waals surface area contributed by atoms with Crippen LogP contribution >= 0.6 is 11.3 Å². The number of aromatic nitrogens is 2. The predicted molar refractivity (Wildman–Crippen MR) is 73.4 cm³/mol. The van der Waals surface area contributed by atoms with Crippen LogP contribution in [0, 0.1) is 5.92 Å². The Morgan fingerprint density at radius 2 is 2.29 bits per heavy atom. The van der Waals surface area contributed by atoms with Crippen LogP contribution in [0.2, 0.25) is 0 Å². The number of hydrogen-bond acceptors (Lipinski definition) is 3. The average molecular weight is 251 g/mol. The zero-order chi connectivity index (χ0) is 12.3. The zero-order valence-corrected chi connectivity index (χ0v) is 11.6. The second-order valence-corrected chi connectivity index (χ2v) is 5.73. The predicted octanol–water partition coefficient (Wildman–Crippen LogP) is 3.31. The van der Waals surface area contributed by atoms with Crippen molar-refractivity contribution in [2.75, 3.05) is 0 Å². The van der Waals surface area contributed by atoms with Gasteiger partial charge in [-0.1, -0.05) is 20.3 Å². The maximum atomic E-state index is 4.56. The summed E-state index contributed by atoms with van der Waals surface area (Å²) in [7, 11) is 0. The molecule has 0 aliphatic rings. The van der Waals surface area contributed by atoms with Gasteiger partial charge in [0.05, 0.1) is 5.69 Å². The Morgan fingerprint density at radius 3 is 3.00 bits per heavy atom. The molecule has 0 aliphatic heterocycles. The highest BCUT2D eigenvalue weighted by Crippen LogP contribution is 2.12. The topological polar surface area (TPSA) is 29.3 Å². The summed E-state index contributed by atoms with van der Waals surface area (Å²) in [5, 5.41) is 5.60. The molecule has 2 heterocycles. The fourth-order valence-corrected chi connectivity index (χ4v) is 2.71. The third-order valence-electron chi connectivity index (χ3n) is 3.23. The molecule has 3 nitrogen and oxygen atoms in total. The van der Waals surface area contributed by atoms with Crippen molar-refractivity contribution in [2.45, 2.75) is 46.2 Å². The van der Waals surface area contributed by atoms with Gasteiger partial charge in [-0.05, 0) is 19.3 Å². The normalized spacial score (nSPS) is 15.2. The molecule has 0 aliphatic carbocycles. The average Bonchev–Trinajstić information content (AvgIpc) is 2.86. The van der Waals surface area contributed by atoms with Crippen molar-refractivity contribution in [1.82, 2.24) is 14.7 Å². The van der Waals surface area contributed by atoms with Gasteiger partial charge < -0.3 is 5.32 Å². The van der Waals surface area contributed by atoms with E-state index in [0.717, 1.165) is 23.1 Å². The molecule has 0 radical (unpaired) electrons. The van der Waals surface area contributed by atoms with Crippen LogP contribution in [0.15, 0.2) is 17.8 Å². The van der Waals surface area contributed by atoms with Gasteiger partial charge >= 0.3 is 0 Å². The van der Waals surface area contributed by atoms with Gasteiger partial charge in [0, 0.05) is 30.4 Å². The Kier molecular flexibility index (Phi) is 4.18. The third kappa shape index (κ3) is 3.30. The van der Waals surface area contributed by atoms with Crippen LogP contribution in [0.3, 0.4) is 0 Å². The second kappa shape index (κ2) is 5.65. The minimum atomic E-state index is 0.560. The number of nitrogens with one attached hydrogen (secondary N) is 1. The molecule has 2 aromatic heterocycles. The lowest BCUT2D eigenvalue weighted by atomic mass is 10.0. The van der Waals surface area contributed by atoms with Gasteiger partial charge in [-0.25, -0.2) is 4.98 Å². The standard InChI is InChI=1S/C13H21N3S/c1-4-10(2)7-11(3)14-8-12-9-16-5-6-17-13(16)15-12/h5-6,9-11,14H,4,7-8H2,1-3H3. The summed E-state index contributed by atoms with van der Waals surface area (Å²) in [6, 6.07) is 0.560. The minimum Gasteiger partial charge on any atom is -0.309 e. The van der Waals surface area contributed by atoms with Crippen molar-refractivity contribution in [3.63, 3.8) is 0 Å². The van der Waals surface area contributed by atoms with E-state index in [-0.39, 0.29) is 0 Å². The molecule has 0 saturated heterocycles. The number of rotatable bonds is 6. The highest BCUT2D eigenvalue weighted by Gasteiger charge is 2.08. The Bertz CT molecular complexity index is 431. The van der Waals surface area contributed by atoms with Gasteiger partial charge in [-0.3, -0.25) is 4.40 Å². The molecular weight excluding hydrogens is 230 g/mol. The van der Waals surface area contributed by atoms with E-state index < -0.39 is 0 Å². The molecule has 2 atom stereocenters. The Hall–Kier alpha value is -0.870. The van der Waals surface area contributed by atoms with Crippen molar-refractivity contribution < 1.29 is 0 Å². The highest BCUT2D eigenvalue weighted by molar-refractivity contribution is 7.15. The van der Waals surface area contributed by atoms with Gasteiger partial charge in [0.2, 0.25) is 0 Å². The lowest BCUT2D eigenvalue weighted by molar-refractivity contribution is 0.411. The minimum absolute atomic E-state index is 0.560. The van der Waals surface area contributed by atoms with Gasteiger partial charge in [0.15, 0.2) is 4.96 Å². The smallest absolute Gasteiger partial charge is 0.193 e. The van der Waals surface area contributed by atoms with Crippen molar-refractivity contribution >= 4 is 16.3 Å². The molecular formula is C13H21N3S. The van der Waals surface area contributed by atoms with E-state index in [9.17, 15) is 0 Å². The first-order valence-corrected chi connectivity index (χ1v) is 7.21. The molecule has 2 rings (SSSR count). The Morgan fingerprint density at radius 1 is 1.47 bits per heavy atom. The van der Waals surface area contributed by atoms with Gasteiger partial charge in [-0.15, -0.1) is 11.3 Å². The fourth-order valence-electron chi connectivity index (χ4n) is 1.99. The number of thiazole rings is 1. The Labute approximate surface area is 107 Å². The molecule has 0 spiro atoms.